The van der Waals surface area contributed by atoms with E-state index in [-0.39, 0.29) is 5.97 Å². The first-order valence-electron chi connectivity index (χ1n) is 24.3. The van der Waals surface area contributed by atoms with E-state index >= 15 is 0 Å². The van der Waals surface area contributed by atoms with Gasteiger partial charge >= 0.3 is 5.97 Å². The minimum absolute atomic E-state index is 0.00566. The van der Waals surface area contributed by atoms with Crippen molar-refractivity contribution in [3.8, 4) is 0 Å². The van der Waals surface area contributed by atoms with E-state index in [0.29, 0.717) is 36.9 Å². The van der Waals surface area contributed by atoms with E-state index in [0.717, 1.165) is 88.9 Å². The molecule has 0 bridgehead atoms. The molecule has 0 fully saturated rings. The maximum absolute atomic E-state index is 12.2. The molecule has 0 rings (SSSR count). The highest BCUT2D eigenvalue weighted by atomic mass is 16.5. The molecule has 3 atom stereocenters. The predicted octanol–water partition coefficient (Wildman–Crippen LogP) is 14.3. The molecule has 0 aromatic carbocycles. The van der Waals surface area contributed by atoms with Crippen LogP contribution < -0.4 is 0 Å². The lowest BCUT2D eigenvalue weighted by Crippen LogP contribution is -2.24. The van der Waals surface area contributed by atoms with Crippen molar-refractivity contribution >= 4 is 12.3 Å². The third-order valence-corrected chi connectivity index (χ3v) is 11.8. The number of carbonyl (C=O) groups is 2. The van der Waals surface area contributed by atoms with Gasteiger partial charge in [-0.3, -0.25) is 4.79 Å². The van der Waals surface area contributed by atoms with E-state index in [1.807, 2.05) is 0 Å². The molecule has 0 spiro atoms. The summed E-state index contributed by atoms with van der Waals surface area (Å²) < 4.78 is 17.3. The zero-order chi connectivity index (χ0) is 42.2. The van der Waals surface area contributed by atoms with E-state index < -0.39 is 0 Å². The van der Waals surface area contributed by atoms with Crippen LogP contribution in [0.2, 0.25) is 0 Å². The van der Waals surface area contributed by atoms with Gasteiger partial charge in [0.2, 0.25) is 0 Å². The average molecular weight is 796 g/mol. The zero-order valence-corrected chi connectivity index (χ0v) is 39.8. The van der Waals surface area contributed by atoms with Gasteiger partial charge in [0.15, 0.2) is 0 Å². The van der Waals surface area contributed by atoms with Crippen molar-refractivity contribution in [3.63, 3.8) is 0 Å². The normalized spacial score (nSPS) is 13.4. The van der Waals surface area contributed by atoms with Gasteiger partial charge in [-0.25, -0.2) is 0 Å². The number of hydrogen-bond acceptors (Lipinski definition) is 6. The highest BCUT2D eigenvalue weighted by Crippen LogP contribution is 2.22. The number of esters is 1. The minimum Gasteiger partial charge on any atom is -0.465 e. The summed E-state index contributed by atoms with van der Waals surface area (Å²) in [5.41, 5.74) is 0. The summed E-state index contributed by atoms with van der Waals surface area (Å²) in [4.78, 5) is 25.2. The number of rotatable bonds is 40. The Balaban J connectivity index is 0. The van der Waals surface area contributed by atoms with Gasteiger partial charge in [-0.15, -0.1) is 0 Å². The predicted molar refractivity (Wildman–Crippen MR) is 244 cm³/mol. The third-order valence-electron chi connectivity index (χ3n) is 11.8. The highest BCUT2D eigenvalue weighted by Gasteiger charge is 2.17. The first-order valence-corrected chi connectivity index (χ1v) is 24.3. The molecule has 0 N–H and O–H groups in total. The van der Waals surface area contributed by atoms with Crippen molar-refractivity contribution in [2.75, 3.05) is 46.6 Å². The van der Waals surface area contributed by atoms with Gasteiger partial charge in [-0.1, -0.05) is 159 Å². The number of nitrogens with zero attached hydrogens (tertiary/aromatic N) is 1. The molecule has 0 aliphatic rings. The molecule has 0 amide bonds. The smallest absolute Gasteiger partial charge is 0.305 e. The fourth-order valence-electron chi connectivity index (χ4n) is 7.35. The maximum Gasteiger partial charge on any atom is 0.305 e. The van der Waals surface area contributed by atoms with Crippen molar-refractivity contribution in [1.82, 2.24) is 4.90 Å². The number of carbonyl (C=O) groups excluding carboxylic acids is 2. The summed E-state index contributed by atoms with van der Waals surface area (Å²) in [6.07, 6.45) is 29.7. The van der Waals surface area contributed by atoms with Crippen molar-refractivity contribution < 1.29 is 23.8 Å². The Bertz CT molecular complexity index is 811. The molecule has 0 saturated carbocycles. The summed E-state index contributed by atoms with van der Waals surface area (Å²) in [5.74, 6) is 4.07. The Kier molecular flexibility index (Phi) is 43.0. The molecular weight excluding hydrogens is 695 g/mol. The molecule has 6 nitrogen and oxygen atoms in total. The van der Waals surface area contributed by atoms with Gasteiger partial charge in [-0.05, 0) is 107 Å². The topological polar surface area (TPSA) is 65.1 Å². The fraction of sp³-hybridized carbons (Fsp3) is 0.960. The van der Waals surface area contributed by atoms with Crippen molar-refractivity contribution in [2.45, 2.75) is 229 Å². The van der Waals surface area contributed by atoms with E-state index in [1.165, 1.54) is 116 Å². The highest BCUT2D eigenvalue weighted by molar-refractivity contribution is 5.69. The maximum atomic E-state index is 12.2. The molecule has 0 radical (unpaired) electrons. The van der Waals surface area contributed by atoms with Crippen LogP contribution in [0.25, 0.3) is 0 Å². The molecule has 6 heteroatoms. The Morgan fingerprint density at radius 1 is 0.554 bits per heavy atom. The van der Waals surface area contributed by atoms with Crippen LogP contribution >= 0.6 is 0 Å². The van der Waals surface area contributed by atoms with Crippen LogP contribution in [0.5, 0.6) is 0 Å². The average Bonchev–Trinajstić information content (AvgIpc) is 3.15. The molecule has 0 heterocycles. The number of unbranched alkanes of at least 4 members (excludes halogenated alkanes) is 14. The molecule has 0 aromatic heterocycles. The Morgan fingerprint density at radius 2 is 1.02 bits per heavy atom. The van der Waals surface area contributed by atoms with Crippen LogP contribution in [0.3, 0.4) is 0 Å². The van der Waals surface area contributed by atoms with Gasteiger partial charge in [0, 0.05) is 33.2 Å². The summed E-state index contributed by atoms with van der Waals surface area (Å²) in [6.45, 7) is 28.5. The Labute approximate surface area is 351 Å². The van der Waals surface area contributed by atoms with Crippen LogP contribution in [0.15, 0.2) is 0 Å². The Morgan fingerprint density at radius 3 is 1.46 bits per heavy atom. The molecule has 56 heavy (non-hydrogen) atoms. The number of aldehydes is 1. The monoisotopic (exact) mass is 796 g/mol. The van der Waals surface area contributed by atoms with Gasteiger partial charge in [0.25, 0.3) is 0 Å². The van der Waals surface area contributed by atoms with Gasteiger partial charge in [-0.2, -0.15) is 0 Å². The van der Waals surface area contributed by atoms with Crippen LogP contribution in [-0.4, -0.2) is 69.8 Å². The summed E-state index contributed by atoms with van der Waals surface area (Å²) >= 11 is 0. The standard InChI is InChI=1S/C39H77NO4.C11H24O/c1-7-40(8-2)31-23-25-33-43-38(26-20-16-12-9-10-15-19-24-32-41)27-21-17-13-11-14-18-22-28-39(42)44-34-37(36(5)6)30-29-35(3)4;1-9(2)6-7-11(8-12-5)10(3)4/h32,35-38H,7-31,33-34H2,1-6H3;9-11H,6-8H2,1-5H3. The van der Waals surface area contributed by atoms with Gasteiger partial charge in [0.05, 0.1) is 12.7 Å². The molecule has 0 aromatic rings. The molecular formula is C50H101NO5. The van der Waals surface area contributed by atoms with Crippen LogP contribution in [0, 0.1) is 35.5 Å². The fourth-order valence-corrected chi connectivity index (χ4v) is 7.35. The largest absolute Gasteiger partial charge is 0.465 e. The van der Waals surface area contributed by atoms with E-state index in [2.05, 4.69) is 74.1 Å². The second kappa shape index (κ2) is 42.2. The summed E-state index contributed by atoms with van der Waals surface area (Å²) in [6, 6.07) is 0. The molecule has 0 aliphatic heterocycles. The minimum atomic E-state index is -0.00566. The molecule has 0 aliphatic carbocycles. The number of hydrogen-bond donors (Lipinski definition) is 0. The molecule has 3 unspecified atom stereocenters. The van der Waals surface area contributed by atoms with E-state index in [9.17, 15) is 9.59 Å². The first-order chi connectivity index (χ1) is 26.9. The van der Waals surface area contributed by atoms with Crippen LogP contribution in [0.1, 0.15) is 223 Å². The van der Waals surface area contributed by atoms with Gasteiger partial charge in [0.1, 0.15) is 6.29 Å². The van der Waals surface area contributed by atoms with Crippen LogP contribution in [0.4, 0.5) is 0 Å². The summed E-state index contributed by atoms with van der Waals surface area (Å²) in [5, 5.41) is 0. The lowest BCUT2D eigenvalue weighted by atomic mass is 9.89. The summed E-state index contributed by atoms with van der Waals surface area (Å²) in [7, 11) is 1.80. The SMILES string of the molecule is CCN(CC)CCCCOC(CCCCCCCCCC=O)CCCCCCCCCC(=O)OCC(CCC(C)C)C(C)C.COCC(CCC(C)C)C(C)C. The lowest BCUT2D eigenvalue weighted by molar-refractivity contribution is -0.145. The lowest BCUT2D eigenvalue weighted by Gasteiger charge is -2.21. The quantitative estimate of drug-likeness (QED) is 0.0350. The molecule has 0 saturated heterocycles. The number of ether oxygens (including phenoxy) is 3. The first kappa shape index (κ1) is 57.1. The van der Waals surface area contributed by atoms with Crippen molar-refractivity contribution in [3.05, 3.63) is 0 Å². The van der Waals surface area contributed by atoms with E-state index in [1.54, 1.807) is 7.11 Å². The second-order valence-corrected chi connectivity index (χ2v) is 18.5. The zero-order valence-electron chi connectivity index (χ0n) is 39.8. The van der Waals surface area contributed by atoms with Gasteiger partial charge < -0.3 is 23.9 Å². The number of methoxy groups -OCH3 is 1. The van der Waals surface area contributed by atoms with E-state index in [4.69, 9.17) is 14.2 Å². The Hall–Kier alpha value is -0.980. The second-order valence-electron chi connectivity index (χ2n) is 18.5. The molecule has 336 valence electrons. The van der Waals surface area contributed by atoms with Crippen LogP contribution in [-0.2, 0) is 23.8 Å². The van der Waals surface area contributed by atoms with Crippen molar-refractivity contribution in [2.24, 2.45) is 35.5 Å². The van der Waals surface area contributed by atoms with Crippen molar-refractivity contribution in [1.29, 1.82) is 0 Å². The third kappa shape index (κ3) is 39.8.